The van der Waals surface area contributed by atoms with Crippen LogP contribution in [0, 0.1) is 5.92 Å². The third-order valence-electron chi connectivity index (χ3n) is 5.33. The maximum absolute atomic E-state index is 12.8. The standard InChI is InChI=1S/C19H25NO4/c21-17(13-15-7-11-24-12-8-15)20-10-4-9-19(20,18(22)23)14-16-5-2-1-3-6-16/h1-3,5-6,15H,4,7-14H2,(H,22,23). The van der Waals surface area contributed by atoms with E-state index in [1.807, 2.05) is 30.3 Å². The molecule has 2 fully saturated rings. The number of rotatable bonds is 5. The molecule has 0 saturated carbocycles. The van der Waals surface area contributed by atoms with Crippen LogP contribution in [0.3, 0.4) is 0 Å². The van der Waals surface area contributed by atoms with Gasteiger partial charge in [-0.3, -0.25) is 4.79 Å². The number of carbonyl (C=O) groups excluding carboxylic acids is 1. The summed E-state index contributed by atoms with van der Waals surface area (Å²) in [6, 6.07) is 9.61. The summed E-state index contributed by atoms with van der Waals surface area (Å²) in [6.45, 7) is 1.94. The molecule has 0 bridgehead atoms. The van der Waals surface area contributed by atoms with Gasteiger partial charge in [0.15, 0.2) is 0 Å². The molecular weight excluding hydrogens is 306 g/mol. The van der Waals surface area contributed by atoms with E-state index in [1.54, 1.807) is 4.90 Å². The molecule has 1 aromatic carbocycles. The van der Waals surface area contributed by atoms with Gasteiger partial charge in [-0.2, -0.15) is 0 Å². The minimum Gasteiger partial charge on any atom is -0.479 e. The molecule has 0 spiro atoms. The van der Waals surface area contributed by atoms with E-state index < -0.39 is 11.5 Å². The van der Waals surface area contributed by atoms with Gasteiger partial charge in [-0.05, 0) is 37.2 Å². The molecule has 130 valence electrons. The van der Waals surface area contributed by atoms with Gasteiger partial charge in [0.05, 0.1) is 0 Å². The van der Waals surface area contributed by atoms with E-state index in [-0.39, 0.29) is 5.91 Å². The molecule has 2 heterocycles. The summed E-state index contributed by atoms with van der Waals surface area (Å²) < 4.78 is 5.35. The summed E-state index contributed by atoms with van der Waals surface area (Å²) in [5, 5.41) is 9.94. The number of likely N-dealkylation sites (tertiary alicyclic amines) is 1. The summed E-state index contributed by atoms with van der Waals surface area (Å²) in [5.41, 5.74) is -0.130. The first-order valence-corrected chi connectivity index (χ1v) is 8.77. The zero-order valence-corrected chi connectivity index (χ0v) is 13.9. The highest BCUT2D eigenvalue weighted by Gasteiger charge is 2.49. The molecule has 1 unspecified atom stereocenters. The molecule has 2 aliphatic rings. The van der Waals surface area contributed by atoms with E-state index in [4.69, 9.17) is 4.74 Å². The predicted octanol–water partition coefficient (Wildman–Crippen LogP) is 2.49. The summed E-state index contributed by atoms with van der Waals surface area (Å²) in [7, 11) is 0. The number of aliphatic carboxylic acids is 1. The number of benzene rings is 1. The minimum absolute atomic E-state index is 0.0160. The quantitative estimate of drug-likeness (QED) is 0.900. The van der Waals surface area contributed by atoms with Crippen LogP contribution in [-0.2, 0) is 20.7 Å². The fourth-order valence-corrected chi connectivity index (χ4v) is 3.97. The van der Waals surface area contributed by atoms with Gasteiger partial charge < -0.3 is 14.7 Å². The van der Waals surface area contributed by atoms with Gasteiger partial charge in [0.1, 0.15) is 5.54 Å². The highest BCUT2D eigenvalue weighted by Crippen LogP contribution is 2.35. The lowest BCUT2D eigenvalue weighted by Gasteiger charge is -2.36. The highest BCUT2D eigenvalue weighted by atomic mass is 16.5. The van der Waals surface area contributed by atoms with Crippen LogP contribution in [0.15, 0.2) is 30.3 Å². The maximum atomic E-state index is 12.8. The van der Waals surface area contributed by atoms with Crippen molar-refractivity contribution in [2.45, 2.75) is 44.1 Å². The van der Waals surface area contributed by atoms with Crippen molar-refractivity contribution in [2.75, 3.05) is 19.8 Å². The summed E-state index contributed by atoms with van der Waals surface area (Å²) in [5.74, 6) is -0.586. The topological polar surface area (TPSA) is 66.8 Å². The van der Waals surface area contributed by atoms with Crippen molar-refractivity contribution < 1.29 is 19.4 Å². The third-order valence-corrected chi connectivity index (χ3v) is 5.33. The largest absolute Gasteiger partial charge is 0.479 e. The molecular formula is C19H25NO4. The van der Waals surface area contributed by atoms with E-state index in [9.17, 15) is 14.7 Å². The Morgan fingerprint density at radius 3 is 2.58 bits per heavy atom. The van der Waals surface area contributed by atoms with Crippen LogP contribution in [-0.4, -0.2) is 47.2 Å². The Hall–Kier alpha value is -1.88. The van der Waals surface area contributed by atoms with Crippen molar-refractivity contribution in [3.05, 3.63) is 35.9 Å². The van der Waals surface area contributed by atoms with E-state index >= 15 is 0 Å². The lowest BCUT2D eigenvalue weighted by Crippen LogP contribution is -2.55. The molecule has 5 heteroatoms. The zero-order chi connectivity index (χ0) is 17.0. The van der Waals surface area contributed by atoms with Crippen LogP contribution >= 0.6 is 0 Å². The number of hydrogen-bond donors (Lipinski definition) is 1. The molecule has 1 amide bonds. The fourth-order valence-electron chi connectivity index (χ4n) is 3.97. The zero-order valence-electron chi connectivity index (χ0n) is 13.9. The summed E-state index contributed by atoms with van der Waals surface area (Å²) >= 11 is 0. The third kappa shape index (κ3) is 3.46. The molecule has 0 aliphatic carbocycles. The van der Waals surface area contributed by atoms with Gasteiger partial charge in [0.2, 0.25) is 5.91 Å². The molecule has 1 N–H and O–H groups in total. The number of nitrogens with zero attached hydrogens (tertiary/aromatic N) is 1. The Kier molecular flexibility index (Phi) is 5.19. The SMILES string of the molecule is O=C(CC1CCOCC1)N1CCCC1(Cc1ccccc1)C(=O)O. The molecule has 0 radical (unpaired) electrons. The molecule has 1 aromatic rings. The monoisotopic (exact) mass is 331 g/mol. The van der Waals surface area contributed by atoms with Crippen molar-refractivity contribution in [1.29, 1.82) is 0 Å². The maximum Gasteiger partial charge on any atom is 0.329 e. The fraction of sp³-hybridized carbons (Fsp3) is 0.579. The lowest BCUT2D eigenvalue weighted by atomic mass is 9.87. The van der Waals surface area contributed by atoms with Crippen LogP contribution in [0.5, 0.6) is 0 Å². The second-order valence-electron chi connectivity index (χ2n) is 6.91. The van der Waals surface area contributed by atoms with Gasteiger partial charge in [-0.15, -0.1) is 0 Å². The molecule has 2 aliphatic heterocycles. The van der Waals surface area contributed by atoms with Crippen LogP contribution in [0.25, 0.3) is 0 Å². The first-order valence-electron chi connectivity index (χ1n) is 8.77. The van der Waals surface area contributed by atoms with Crippen LogP contribution in [0.4, 0.5) is 0 Å². The second-order valence-corrected chi connectivity index (χ2v) is 6.91. The summed E-state index contributed by atoms with van der Waals surface area (Å²) in [6.07, 6.45) is 3.86. The Morgan fingerprint density at radius 2 is 1.92 bits per heavy atom. The number of hydrogen-bond acceptors (Lipinski definition) is 3. The predicted molar refractivity (Wildman–Crippen MR) is 89.6 cm³/mol. The van der Waals surface area contributed by atoms with E-state index in [2.05, 4.69) is 0 Å². The molecule has 24 heavy (non-hydrogen) atoms. The Labute approximate surface area is 142 Å². The number of carbonyl (C=O) groups is 2. The average molecular weight is 331 g/mol. The first kappa shape index (κ1) is 17.0. The van der Waals surface area contributed by atoms with Crippen molar-refractivity contribution in [1.82, 2.24) is 4.90 Å². The molecule has 0 aromatic heterocycles. The smallest absolute Gasteiger partial charge is 0.329 e. The van der Waals surface area contributed by atoms with Crippen LogP contribution in [0.1, 0.15) is 37.7 Å². The molecule has 1 atom stereocenters. The van der Waals surface area contributed by atoms with Crippen LogP contribution < -0.4 is 0 Å². The van der Waals surface area contributed by atoms with Crippen molar-refractivity contribution in [3.8, 4) is 0 Å². The first-order chi connectivity index (χ1) is 11.6. The van der Waals surface area contributed by atoms with Crippen molar-refractivity contribution in [2.24, 2.45) is 5.92 Å². The number of amides is 1. The number of ether oxygens (including phenoxy) is 1. The van der Waals surface area contributed by atoms with E-state index in [0.717, 1.165) is 24.8 Å². The second kappa shape index (κ2) is 7.34. The molecule has 5 nitrogen and oxygen atoms in total. The van der Waals surface area contributed by atoms with E-state index in [1.165, 1.54) is 0 Å². The van der Waals surface area contributed by atoms with Crippen LogP contribution in [0.2, 0.25) is 0 Å². The van der Waals surface area contributed by atoms with Gasteiger partial charge in [0.25, 0.3) is 0 Å². The number of carboxylic acids is 1. The molecule has 2 saturated heterocycles. The van der Waals surface area contributed by atoms with Gasteiger partial charge in [-0.25, -0.2) is 4.79 Å². The van der Waals surface area contributed by atoms with Crippen molar-refractivity contribution in [3.63, 3.8) is 0 Å². The average Bonchev–Trinajstić information content (AvgIpc) is 3.02. The normalized spacial score (nSPS) is 24.9. The Morgan fingerprint density at radius 1 is 1.21 bits per heavy atom. The summed E-state index contributed by atoms with van der Waals surface area (Å²) in [4.78, 5) is 26.6. The number of carboxylic acid groups (broad SMARTS) is 1. The van der Waals surface area contributed by atoms with E-state index in [0.29, 0.717) is 44.9 Å². The van der Waals surface area contributed by atoms with Gasteiger partial charge >= 0.3 is 5.97 Å². The van der Waals surface area contributed by atoms with Crippen molar-refractivity contribution >= 4 is 11.9 Å². The van der Waals surface area contributed by atoms with Gasteiger partial charge in [0, 0.05) is 32.6 Å². The van der Waals surface area contributed by atoms with Gasteiger partial charge in [-0.1, -0.05) is 30.3 Å². The Bertz CT molecular complexity index is 582. The minimum atomic E-state index is -1.09. The highest BCUT2D eigenvalue weighted by molar-refractivity contribution is 5.88. The lowest BCUT2D eigenvalue weighted by molar-refractivity contribution is -0.157. The Balaban J connectivity index is 1.76. The molecule has 3 rings (SSSR count).